The minimum Gasteiger partial charge on any atom is -0.275 e. The molecule has 1 aromatic heterocycles. The fourth-order valence-electron chi connectivity index (χ4n) is 0.552. The molecule has 0 atom stereocenters. The first-order valence-corrected chi connectivity index (χ1v) is 3.37. The van der Waals surface area contributed by atoms with E-state index in [4.69, 9.17) is 23.2 Å². The Morgan fingerprint density at radius 1 is 1.64 bits per heavy atom. The topological polar surface area (TPSA) is 30.0 Å². The molecule has 0 N–H and O–H groups in total. The number of carbonyl (C=O) groups is 1. The maximum Gasteiger partial charge on any atom is 0.256 e. The molecule has 1 aromatic rings. The highest BCUT2D eigenvalue weighted by atomic mass is 35.5. The van der Waals surface area contributed by atoms with Crippen molar-refractivity contribution in [2.45, 2.75) is 0 Å². The van der Waals surface area contributed by atoms with Gasteiger partial charge in [-0.05, 0) is 11.6 Å². The van der Waals surface area contributed by atoms with Gasteiger partial charge in [-0.3, -0.25) is 4.79 Å². The van der Waals surface area contributed by atoms with Gasteiger partial charge in [0, 0.05) is 12.3 Å². The van der Waals surface area contributed by atoms with Gasteiger partial charge in [0.05, 0.1) is 5.56 Å². The van der Waals surface area contributed by atoms with Gasteiger partial charge in [-0.1, -0.05) is 11.6 Å². The van der Waals surface area contributed by atoms with Gasteiger partial charge < -0.3 is 0 Å². The number of halogens is 3. The molecule has 11 heavy (non-hydrogen) atoms. The lowest BCUT2D eigenvalue weighted by Crippen LogP contribution is -1.95. The molecule has 1 rings (SSSR count). The maximum absolute atomic E-state index is 12.7. The number of aromatic nitrogens is 1. The lowest BCUT2D eigenvalue weighted by Gasteiger charge is -1.94. The Morgan fingerprint density at radius 3 is 2.73 bits per heavy atom. The standard InChI is InChI=1S/C6H2Cl2FNO/c7-5-1-4(9)3(2-10-5)6(8)11/h1-2H. The van der Waals surface area contributed by atoms with Crippen LogP contribution in [0.5, 0.6) is 0 Å². The van der Waals surface area contributed by atoms with Crippen molar-refractivity contribution in [1.29, 1.82) is 0 Å². The smallest absolute Gasteiger partial charge is 0.256 e. The van der Waals surface area contributed by atoms with E-state index in [0.29, 0.717) is 0 Å². The van der Waals surface area contributed by atoms with Gasteiger partial charge in [0.25, 0.3) is 5.24 Å². The maximum atomic E-state index is 12.7. The predicted molar refractivity (Wildman–Crippen MR) is 39.4 cm³/mol. The predicted octanol–water partition coefficient (Wildman–Crippen LogP) is 2.25. The van der Waals surface area contributed by atoms with E-state index in [9.17, 15) is 9.18 Å². The van der Waals surface area contributed by atoms with Crippen molar-refractivity contribution < 1.29 is 9.18 Å². The van der Waals surface area contributed by atoms with E-state index in [-0.39, 0.29) is 10.7 Å². The van der Waals surface area contributed by atoms with E-state index in [1.54, 1.807) is 0 Å². The van der Waals surface area contributed by atoms with Crippen molar-refractivity contribution in [3.8, 4) is 0 Å². The second kappa shape index (κ2) is 3.15. The largest absolute Gasteiger partial charge is 0.275 e. The van der Waals surface area contributed by atoms with Crippen LogP contribution in [-0.2, 0) is 0 Å². The van der Waals surface area contributed by atoms with Crippen LogP contribution in [0.1, 0.15) is 10.4 Å². The molecule has 0 amide bonds. The van der Waals surface area contributed by atoms with E-state index in [2.05, 4.69) is 4.98 Å². The van der Waals surface area contributed by atoms with Crippen molar-refractivity contribution in [3.63, 3.8) is 0 Å². The highest BCUT2D eigenvalue weighted by Crippen LogP contribution is 2.12. The highest BCUT2D eigenvalue weighted by molar-refractivity contribution is 6.67. The third kappa shape index (κ3) is 1.88. The van der Waals surface area contributed by atoms with Gasteiger partial charge in [0.1, 0.15) is 11.0 Å². The van der Waals surface area contributed by atoms with Crippen LogP contribution in [0, 0.1) is 5.82 Å². The summed E-state index contributed by atoms with van der Waals surface area (Å²) in [5.41, 5.74) is -0.268. The van der Waals surface area contributed by atoms with Crippen molar-refractivity contribution >= 4 is 28.4 Å². The fourth-order valence-corrected chi connectivity index (χ4v) is 0.836. The van der Waals surface area contributed by atoms with Gasteiger partial charge in [-0.15, -0.1) is 0 Å². The van der Waals surface area contributed by atoms with Gasteiger partial charge in [-0.2, -0.15) is 0 Å². The summed E-state index contributed by atoms with van der Waals surface area (Å²) in [5, 5.41) is -0.893. The second-order valence-electron chi connectivity index (χ2n) is 1.76. The molecule has 5 heteroatoms. The summed E-state index contributed by atoms with van der Waals surface area (Å²) < 4.78 is 12.7. The number of carbonyl (C=O) groups excluding carboxylic acids is 1. The Kier molecular flexibility index (Phi) is 2.42. The van der Waals surface area contributed by atoms with Crippen LogP contribution >= 0.6 is 23.2 Å². The van der Waals surface area contributed by atoms with Crippen LogP contribution in [0.3, 0.4) is 0 Å². The average Bonchev–Trinajstić information content (AvgIpc) is 1.85. The monoisotopic (exact) mass is 193 g/mol. The molecule has 2 nitrogen and oxygen atoms in total. The Labute approximate surface area is 71.9 Å². The Balaban J connectivity index is 3.20. The summed E-state index contributed by atoms with van der Waals surface area (Å²) >= 11 is 10.3. The Hall–Kier alpha value is -0.670. The molecule has 0 fully saturated rings. The minimum atomic E-state index is -0.883. The second-order valence-corrected chi connectivity index (χ2v) is 2.49. The molecule has 0 saturated heterocycles. The van der Waals surface area contributed by atoms with E-state index < -0.39 is 11.1 Å². The molecular formula is C6H2Cl2FNO. The summed E-state index contributed by atoms with van der Waals surface area (Å²) in [7, 11) is 0. The molecule has 0 saturated carbocycles. The molecule has 0 aliphatic heterocycles. The SMILES string of the molecule is O=C(Cl)c1cnc(Cl)cc1F. The van der Waals surface area contributed by atoms with Gasteiger partial charge in [-0.25, -0.2) is 9.37 Å². The number of pyridine rings is 1. The van der Waals surface area contributed by atoms with Crippen LogP contribution < -0.4 is 0 Å². The van der Waals surface area contributed by atoms with E-state index in [1.807, 2.05) is 0 Å². The van der Waals surface area contributed by atoms with Crippen molar-refractivity contribution in [3.05, 3.63) is 28.8 Å². The van der Waals surface area contributed by atoms with Gasteiger partial charge in [0.2, 0.25) is 0 Å². The van der Waals surface area contributed by atoms with Crippen LogP contribution in [0.15, 0.2) is 12.3 Å². The number of nitrogens with zero attached hydrogens (tertiary/aromatic N) is 1. The first-order chi connectivity index (χ1) is 5.11. The van der Waals surface area contributed by atoms with E-state index in [0.717, 1.165) is 12.3 Å². The lowest BCUT2D eigenvalue weighted by atomic mass is 10.3. The van der Waals surface area contributed by atoms with Gasteiger partial charge >= 0.3 is 0 Å². The van der Waals surface area contributed by atoms with Crippen LogP contribution in [0.4, 0.5) is 4.39 Å². The number of rotatable bonds is 1. The molecule has 0 spiro atoms. The minimum absolute atomic E-state index is 0.0100. The zero-order valence-electron chi connectivity index (χ0n) is 5.14. The van der Waals surface area contributed by atoms with Crippen LogP contribution in [0.2, 0.25) is 5.15 Å². The van der Waals surface area contributed by atoms with E-state index in [1.165, 1.54) is 0 Å². The molecule has 1 heterocycles. The lowest BCUT2D eigenvalue weighted by molar-refractivity contribution is 0.107. The van der Waals surface area contributed by atoms with Crippen molar-refractivity contribution in [1.82, 2.24) is 4.98 Å². The zero-order chi connectivity index (χ0) is 8.43. The summed E-state index contributed by atoms with van der Waals surface area (Å²) in [6, 6.07) is 0.928. The van der Waals surface area contributed by atoms with Crippen molar-refractivity contribution in [2.75, 3.05) is 0 Å². The highest BCUT2D eigenvalue weighted by Gasteiger charge is 2.09. The molecule has 0 aliphatic rings. The molecule has 0 aliphatic carbocycles. The molecule has 0 unspecified atom stereocenters. The van der Waals surface area contributed by atoms with Crippen LogP contribution in [-0.4, -0.2) is 10.2 Å². The number of hydrogen-bond acceptors (Lipinski definition) is 2. The molecule has 58 valence electrons. The summed E-state index contributed by atoms with van der Waals surface area (Å²) in [6.45, 7) is 0. The summed E-state index contributed by atoms with van der Waals surface area (Å²) in [5.74, 6) is -0.759. The quantitative estimate of drug-likeness (QED) is 0.506. The van der Waals surface area contributed by atoms with Crippen molar-refractivity contribution in [2.24, 2.45) is 0 Å². The summed E-state index contributed by atoms with van der Waals surface area (Å²) in [6.07, 6.45) is 0.993. The fraction of sp³-hybridized carbons (Fsp3) is 0. The Bertz CT molecular complexity index is 303. The molecular weight excluding hydrogens is 192 g/mol. The van der Waals surface area contributed by atoms with Gasteiger partial charge in [0.15, 0.2) is 0 Å². The number of hydrogen-bond donors (Lipinski definition) is 0. The average molecular weight is 194 g/mol. The third-order valence-electron chi connectivity index (χ3n) is 1.03. The zero-order valence-corrected chi connectivity index (χ0v) is 6.66. The first kappa shape index (κ1) is 8.43. The van der Waals surface area contributed by atoms with Crippen LogP contribution in [0.25, 0.3) is 0 Å². The van der Waals surface area contributed by atoms with E-state index >= 15 is 0 Å². The third-order valence-corrected chi connectivity index (χ3v) is 1.44. The molecule has 0 aromatic carbocycles. The summed E-state index contributed by atoms with van der Waals surface area (Å²) in [4.78, 5) is 13.9. The first-order valence-electron chi connectivity index (χ1n) is 2.62. The molecule has 0 radical (unpaired) electrons. The normalized spacial score (nSPS) is 9.73. The molecule has 0 bridgehead atoms. The Morgan fingerprint density at radius 2 is 2.27 bits per heavy atom.